The first kappa shape index (κ1) is 10.6. The number of rotatable bonds is 2. The second-order valence-electron chi connectivity index (χ2n) is 4.38. The molecule has 0 aromatic heterocycles. The monoisotopic (exact) mass is 207 g/mol. The minimum atomic E-state index is -0.0273. The molecule has 0 fully saturated rings. The third-order valence-corrected chi connectivity index (χ3v) is 3.56. The zero-order chi connectivity index (χ0) is 10.8. The molecule has 0 aliphatic heterocycles. The lowest BCUT2D eigenvalue weighted by molar-refractivity contribution is 0.429. The Bertz CT molecular complexity index is 348. The van der Waals surface area contributed by atoms with E-state index in [2.05, 4.69) is 18.3 Å². The topological polar surface area (TPSA) is 12.0 Å². The molecular weight excluding hydrogens is 189 g/mol. The van der Waals surface area contributed by atoms with E-state index in [0.29, 0.717) is 12.0 Å². The fourth-order valence-corrected chi connectivity index (χ4v) is 2.56. The normalized spacial score (nSPS) is 22.2. The minimum Gasteiger partial charge on any atom is -0.317 e. The SMILES string of the molecule is CNC(C)C1CCCc2c(F)cccc21. The highest BCUT2D eigenvalue weighted by atomic mass is 19.1. The second kappa shape index (κ2) is 4.31. The third kappa shape index (κ3) is 1.91. The molecule has 0 heterocycles. The van der Waals surface area contributed by atoms with Crippen LogP contribution in [0.3, 0.4) is 0 Å². The van der Waals surface area contributed by atoms with E-state index in [4.69, 9.17) is 0 Å². The van der Waals surface area contributed by atoms with E-state index in [0.717, 1.165) is 18.4 Å². The molecule has 1 aromatic carbocycles. The van der Waals surface area contributed by atoms with Crippen LogP contribution < -0.4 is 5.32 Å². The van der Waals surface area contributed by atoms with Gasteiger partial charge in [0.25, 0.3) is 0 Å². The summed E-state index contributed by atoms with van der Waals surface area (Å²) in [6.45, 7) is 2.17. The predicted octanol–water partition coefficient (Wildman–Crippen LogP) is 2.85. The first-order chi connectivity index (χ1) is 7.24. The van der Waals surface area contributed by atoms with E-state index in [1.165, 1.54) is 12.0 Å². The van der Waals surface area contributed by atoms with Gasteiger partial charge in [-0.1, -0.05) is 12.1 Å². The van der Waals surface area contributed by atoms with Crippen molar-refractivity contribution in [3.63, 3.8) is 0 Å². The van der Waals surface area contributed by atoms with Gasteiger partial charge in [-0.2, -0.15) is 0 Å². The van der Waals surface area contributed by atoms with Gasteiger partial charge in [-0.25, -0.2) is 4.39 Å². The Morgan fingerprint density at radius 1 is 1.47 bits per heavy atom. The van der Waals surface area contributed by atoms with Gasteiger partial charge in [-0.3, -0.25) is 0 Å². The van der Waals surface area contributed by atoms with Gasteiger partial charge in [-0.05, 0) is 56.3 Å². The highest BCUT2D eigenvalue weighted by molar-refractivity contribution is 5.34. The molecule has 0 saturated heterocycles. The van der Waals surface area contributed by atoms with E-state index < -0.39 is 0 Å². The van der Waals surface area contributed by atoms with Crippen LogP contribution in [0.5, 0.6) is 0 Å². The van der Waals surface area contributed by atoms with Gasteiger partial charge in [0.15, 0.2) is 0 Å². The van der Waals surface area contributed by atoms with Crippen molar-refractivity contribution in [1.29, 1.82) is 0 Å². The van der Waals surface area contributed by atoms with Gasteiger partial charge in [0.2, 0.25) is 0 Å². The van der Waals surface area contributed by atoms with Crippen LogP contribution in [0.15, 0.2) is 18.2 Å². The van der Waals surface area contributed by atoms with Crippen LogP contribution in [-0.4, -0.2) is 13.1 Å². The zero-order valence-corrected chi connectivity index (χ0v) is 9.39. The zero-order valence-electron chi connectivity index (χ0n) is 9.39. The number of likely N-dealkylation sites (N-methyl/N-ethyl adjacent to an activating group) is 1. The Morgan fingerprint density at radius 3 is 3.00 bits per heavy atom. The van der Waals surface area contributed by atoms with Gasteiger partial charge in [0, 0.05) is 6.04 Å². The number of hydrogen-bond acceptors (Lipinski definition) is 1. The molecule has 2 unspecified atom stereocenters. The number of hydrogen-bond donors (Lipinski definition) is 1. The number of fused-ring (bicyclic) bond motifs is 1. The Hall–Kier alpha value is -0.890. The molecule has 1 N–H and O–H groups in total. The van der Waals surface area contributed by atoms with E-state index in [1.54, 1.807) is 6.07 Å². The Labute approximate surface area is 90.7 Å². The van der Waals surface area contributed by atoms with Crippen molar-refractivity contribution < 1.29 is 4.39 Å². The highest BCUT2D eigenvalue weighted by Crippen LogP contribution is 2.34. The summed E-state index contributed by atoms with van der Waals surface area (Å²) in [6.07, 6.45) is 3.16. The molecule has 0 spiro atoms. The third-order valence-electron chi connectivity index (χ3n) is 3.56. The molecule has 82 valence electrons. The van der Waals surface area contributed by atoms with Crippen LogP contribution >= 0.6 is 0 Å². The lowest BCUT2D eigenvalue weighted by Crippen LogP contribution is -2.31. The van der Waals surface area contributed by atoms with E-state index >= 15 is 0 Å². The predicted molar refractivity (Wildman–Crippen MR) is 60.6 cm³/mol. The smallest absolute Gasteiger partial charge is 0.126 e. The molecule has 2 heteroatoms. The van der Waals surface area contributed by atoms with Gasteiger partial charge >= 0.3 is 0 Å². The fourth-order valence-electron chi connectivity index (χ4n) is 2.56. The van der Waals surface area contributed by atoms with E-state index in [1.807, 2.05) is 13.1 Å². The van der Waals surface area contributed by atoms with Crippen molar-refractivity contribution in [3.05, 3.63) is 35.1 Å². The van der Waals surface area contributed by atoms with Gasteiger partial charge in [0.05, 0.1) is 0 Å². The number of nitrogens with one attached hydrogen (secondary N) is 1. The molecule has 15 heavy (non-hydrogen) atoms. The average Bonchev–Trinajstić information content (AvgIpc) is 2.28. The molecule has 2 atom stereocenters. The van der Waals surface area contributed by atoms with Crippen molar-refractivity contribution in [2.24, 2.45) is 0 Å². The summed E-state index contributed by atoms with van der Waals surface area (Å²) < 4.78 is 13.6. The number of benzene rings is 1. The Kier molecular flexibility index (Phi) is 3.06. The first-order valence-corrected chi connectivity index (χ1v) is 5.68. The first-order valence-electron chi connectivity index (χ1n) is 5.68. The summed E-state index contributed by atoms with van der Waals surface area (Å²) in [7, 11) is 1.97. The maximum atomic E-state index is 13.6. The second-order valence-corrected chi connectivity index (χ2v) is 4.38. The van der Waals surface area contributed by atoms with Crippen LogP contribution in [0, 0.1) is 5.82 Å². The van der Waals surface area contributed by atoms with Gasteiger partial charge < -0.3 is 5.32 Å². The maximum absolute atomic E-state index is 13.6. The minimum absolute atomic E-state index is 0.0273. The van der Waals surface area contributed by atoms with Crippen LogP contribution in [0.1, 0.15) is 36.8 Å². The van der Waals surface area contributed by atoms with Crippen LogP contribution in [0.25, 0.3) is 0 Å². The standard InChI is InChI=1S/C13H18FN/c1-9(15-2)10-5-3-7-12-11(10)6-4-8-13(12)14/h4,6,8-10,15H,3,5,7H2,1-2H3. The van der Waals surface area contributed by atoms with E-state index in [9.17, 15) is 4.39 Å². The molecule has 0 saturated carbocycles. The molecule has 0 amide bonds. The average molecular weight is 207 g/mol. The number of halogens is 1. The van der Waals surface area contributed by atoms with Gasteiger partial charge in [0.1, 0.15) is 5.82 Å². The summed E-state index contributed by atoms with van der Waals surface area (Å²) in [4.78, 5) is 0. The Morgan fingerprint density at radius 2 is 2.27 bits per heavy atom. The molecule has 2 rings (SSSR count). The quantitative estimate of drug-likeness (QED) is 0.786. The summed E-state index contributed by atoms with van der Waals surface area (Å²) >= 11 is 0. The molecule has 0 bridgehead atoms. The molecule has 1 aliphatic rings. The van der Waals surface area contributed by atoms with Crippen molar-refractivity contribution in [1.82, 2.24) is 5.32 Å². The largest absolute Gasteiger partial charge is 0.317 e. The molecule has 0 radical (unpaired) electrons. The lowest BCUT2D eigenvalue weighted by atomic mass is 9.79. The Balaban J connectivity index is 2.38. The molecule has 1 aromatic rings. The van der Waals surface area contributed by atoms with Crippen LogP contribution in [0.4, 0.5) is 4.39 Å². The van der Waals surface area contributed by atoms with E-state index in [-0.39, 0.29) is 5.82 Å². The summed E-state index contributed by atoms with van der Waals surface area (Å²) in [5.74, 6) is 0.440. The van der Waals surface area contributed by atoms with Crippen molar-refractivity contribution in [2.45, 2.75) is 38.1 Å². The van der Waals surface area contributed by atoms with Crippen LogP contribution in [-0.2, 0) is 6.42 Å². The molecular formula is C13H18FN. The highest BCUT2D eigenvalue weighted by Gasteiger charge is 2.25. The van der Waals surface area contributed by atoms with Crippen molar-refractivity contribution in [2.75, 3.05) is 7.05 Å². The maximum Gasteiger partial charge on any atom is 0.126 e. The summed E-state index contributed by atoms with van der Waals surface area (Å²) in [6, 6.07) is 5.90. The molecule has 1 aliphatic carbocycles. The van der Waals surface area contributed by atoms with Crippen LogP contribution in [0.2, 0.25) is 0 Å². The summed E-state index contributed by atoms with van der Waals surface area (Å²) in [5.41, 5.74) is 2.15. The fraction of sp³-hybridized carbons (Fsp3) is 0.538. The van der Waals surface area contributed by atoms with Crippen molar-refractivity contribution in [3.8, 4) is 0 Å². The lowest BCUT2D eigenvalue weighted by Gasteiger charge is -2.30. The molecule has 1 nitrogen and oxygen atoms in total. The summed E-state index contributed by atoms with van der Waals surface area (Å²) in [5, 5.41) is 3.27. The van der Waals surface area contributed by atoms with Gasteiger partial charge in [-0.15, -0.1) is 0 Å². The van der Waals surface area contributed by atoms with Crippen molar-refractivity contribution >= 4 is 0 Å².